The molecule has 1 aromatic carbocycles. The molecule has 1 aliphatic heterocycles. The van der Waals surface area contributed by atoms with E-state index >= 15 is 0 Å². The van der Waals surface area contributed by atoms with Crippen molar-refractivity contribution in [2.24, 2.45) is 0 Å². The molecule has 0 aromatic heterocycles. The van der Waals surface area contributed by atoms with Gasteiger partial charge in [-0.05, 0) is 19.4 Å². The molecule has 1 heterocycles. The van der Waals surface area contributed by atoms with Crippen LogP contribution in [0.2, 0.25) is 0 Å². The normalized spacial score (nSPS) is 22.0. The summed E-state index contributed by atoms with van der Waals surface area (Å²) in [4.78, 5) is 0. The molecule has 0 saturated carbocycles. The fourth-order valence-corrected chi connectivity index (χ4v) is 3.95. The van der Waals surface area contributed by atoms with Crippen LogP contribution in [-0.2, 0) is 20.5 Å². The molecule has 0 radical (unpaired) electrons. The second kappa shape index (κ2) is 5.38. The molecule has 4 nitrogen and oxygen atoms in total. The van der Waals surface area contributed by atoms with Crippen molar-refractivity contribution in [1.82, 2.24) is 4.31 Å². The van der Waals surface area contributed by atoms with E-state index in [0.717, 1.165) is 11.1 Å². The highest BCUT2D eigenvalue weighted by molar-refractivity contribution is 7.88. The van der Waals surface area contributed by atoms with E-state index in [-0.39, 0.29) is 11.8 Å². The van der Waals surface area contributed by atoms with E-state index < -0.39 is 10.0 Å². The maximum Gasteiger partial charge on any atom is 0.218 e. The first-order chi connectivity index (χ1) is 8.49. The van der Waals surface area contributed by atoms with E-state index in [1.165, 1.54) is 0 Å². The van der Waals surface area contributed by atoms with Gasteiger partial charge in [0.1, 0.15) is 0 Å². The fraction of sp³-hybridized carbons (Fsp3) is 0.538. The minimum absolute atomic E-state index is 0.0685. The second-order valence-corrected chi connectivity index (χ2v) is 6.70. The quantitative estimate of drug-likeness (QED) is 0.836. The maximum atomic E-state index is 12.3. The van der Waals surface area contributed by atoms with Gasteiger partial charge in [-0.3, -0.25) is 0 Å². The highest BCUT2D eigenvalue weighted by atomic mass is 32.2. The van der Waals surface area contributed by atoms with Gasteiger partial charge in [-0.2, -0.15) is 4.31 Å². The summed E-state index contributed by atoms with van der Waals surface area (Å²) in [5.74, 6) is 0.0685. The number of aryl methyl sites for hydroxylation is 1. The fourth-order valence-electron chi connectivity index (χ4n) is 2.22. The lowest BCUT2D eigenvalue weighted by Gasteiger charge is -2.32. The highest BCUT2D eigenvalue weighted by Gasteiger charge is 2.29. The third-order valence-corrected chi connectivity index (χ3v) is 5.05. The molecule has 1 saturated heterocycles. The number of hydrogen-bond acceptors (Lipinski definition) is 3. The van der Waals surface area contributed by atoms with E-state index in [0.29, 0.717) is 19.8 Å². The lowest BCUT2D eigenvalue weighted by atomic mass is 10.2. The van der Waals surface area contributed by atoms with E-state index in [2.05, 4.69) is 0 Å². The van der Waals surface area contributed by atoms with Gasteiger partial charge in [-0.25, -0.2) is 8.42 Å². The average Bonchev–Trinajstić information content (AvgIpc) is 2.28. The predicted molar refractivity (Wildman–Crippen MR) is 70.8 cm³/mol. The van der Waals surface area contributed by atoms with Gasteiger partial charge in [0, 0.05) is 12.6 Å². The molecule has 0 spiro atoms. The van der Waals surface area contributed by atoms with E-state index in [1.807, 2.05) is 38.1 Å². The van der Waals surface area contributed by atoms with Gasteiger partial charge in [-0.1, -0.05) is 29.8 Å². The summed E-state index contributed by atoms with van der Waals surface area (Å²) in [7, 11) is -3.25. The van der Waals surface area contributed by atoms with Crippen LogP contribution in [0, 0.1) is 6.92 Å². The zero-order valence-electron chi connectivity index (χ0n) is 10.8. The summed E-state index contributed by atoms with van der Waals surface area (Å²) in [5.41, 5.74) is 1.92. The van der Waals surface area contributed by atoms with Gasteiger partial charge in [-0.15, -0.1) is 0 Å². The Labute approximate surface area is 109 Å². The van der Waals surface area contributed by atoms with Crippen molar-refractivity contribution in [3.63, 3.8) is 0 Å². The second-order valence-electron chi connectivity index (χ2n) is 4.78. The highest BCUT2D eigenvalue weighted by Crippen LogP contribution is 2.17. The smallest absolute Gasteiger partial charge is 0.218 e. The largest absolute Gasteiger partial charge is 0.378 e. The van der Waals surface area contributed by atoms with Crippen molar-refractivity contribution >= 4 is 10.0 Å². The maximum absolute atomic E-state index is 12.3. The zero-order chi connectivity index (χ0) is 13.2. The first-order valence-corrected chi connectivity index (χ1v) is 7.73. The lowest BCUT2D eigenvalue weighted by molar-refractivity contribution is 0.0392. The molecule has 18 heavy (non-hydrogen) atoms. The Morgan fingerprint density at radius 2 is 2.22 bits per heavy atom. The van der Waals surface area contributed by atoms with E-state index in [9.17, 15) is 8.42 Å². The Bertz CT molecular complexity index is 513. The molecule has 1 atom stereocenters. The number of hydrogen-bond donors (Lipinski definition) is 0. The number of morpholine rings is 1. The molecule has 100 valence electrons. The molecule has 0 N–H and O–H groups in total. The number of benzene rings is 1. The molecule has 0 bridgehead atoms. The number of nitrogens with zero attached hydrogens (tertiary/aromatic N) is 1. The van der Waals surface area contributed by atoms with Gasteiger partial charge in [0.05, 0.1) is 19.0 Å². The Morgan fingerprint density at radius 3 is 2.89 bits per heavy atom. The van der Waals surface area contributed by atoms with Crippen molar-refractivity contribution in [3.05, 3.63) is 35.4 Å². The predicted octanol–water partition coefficient (Wildman–Crippen LogP) is 1.55. The molecule has 1 unspecified atom stereocenters. The van der Waals surface area contributed by atoms with Crippen LogP contribution in [-0.4, -0.2) is 38.5 Å². The van der Waals surface area contributed by atoms with Crippen molar-refractivity contribution in [3.8, 4) is 0 Å². The molecule has 1 fully saturated rings. The summed E-state index contributed by atoms with van der Waals surface area (Å²) >= 11 is 0. The van der Waals surface area contributed by atoms with Crippen molar-refractivity contribution in [2.45, 2.75) is 25.6 Å². The van der Waals surface area contributed by atoms with E-state index in [1.54, 1.807) is 4.31 Å². The Morgan fingerprint density at radius 1 is 1.44 bits per heavy atom. The number of sulfonamides is 1. The minimum atomic E-state index is -3.25. The van der Waals surface area contributed by atoms with Crippen LogP contribution >= 0.6 is 0 Å². The van der Waals surface area contributed by atoms with Crippen LogP contribution in [0.3, 0.4) is 0 Å². The van der Waals surface area contributed by atoms with Crippen molar-refractivity contribution < 1.29 is 13.2 Å². The number of rotatable bonds is 3. The topological polar surface area (TPSA) is 46.6 Å². The molecular formula is C13H19NO3S. The van der Waals surface area contributed by atoms with Crippen LogP contribution in [0.4, 0.5) is 0 Å². The molecular weight excluding hydrogens is 250 g/mol. The van der Waals surface area contributed by atoms with Gasteiger partial charge in [0.15, 0.2) is 0 Å². The monoisotopic (exact) mass is 269 g/mol. The molecule has 0 amide bonds. The van der Waals surface area contributed by atoms with Crippen LogP contribution < -0.4 is 0 Å². The van der Waals surface area contributed by atoms with Crippen LogP contribution in [0.25, 0.3) is 0 Å². The molecule has 1 aromatic rings. The van der Waals surface area contributed by atoms with Gasteiger partial charge < -0.3 is 4.74 Å². The third-order valence-electron chi connectivity index (χ3n) is 3.10. The van der Waals surface area contributed by atoms with Crippen molar-refractivity contribution in [1.29, 1.82) is 0 Å². The summed E-state index contributed by atoms with van der Waals surface area (Å²) in [6.07, 6.45) is 0. The molecule has 2 rings (SSSR count). The summed E-state index contributed by atoms with van der Waals surface area (Å²) < 4.78 is 31.5. The van der Waals surface area contributed by atoms with Crippen LogP contribution in [0.1, 0.15) is 18.1 Å². The van der Waals surface area contributed by atoms with Crippen LogP contribution in [0.5, 0.6) is 0 Å². The molecule has 1 aliphatic rings. The third kappa shape index (κ3) is 3.10. The number of ether oxygens (including phenoxy) is 1. The van der Waals surface area contributed by atoms with Gasteiger partial charge in [0.25, 0.3) is 0 Å². The minimum Gasteiger partial charge on any atom is -0.378 e. The summed E-state index contributed by atoms with van der Waals surface area (Å²) in [6.45, 7) is 5.26. The first kappa shape index (κ1) is 13.5. The van der Waals surface area contributed by atoms with Gasteiger partial charge >= 0.3 is 0 Å². The Kier molecular flexibility index (Phi) is 4.04. The Hall–Kier alpha value is -0.910. The van der Waals surface area contributed by atoms with Crippen molar-refractivity contribution in [2.75, 3.05) is 19.8 Å². The molecule has 0 aliphatic carbocycles. The van der Waals surface area contributed by atoms with Gasteiger partial charge in [0.2, 0.25) is 10.0 Å². The molecule has 5 heteroatoms. The lowest BCUT2D eigenvalue weighted by Crippen LogP contribution is -2.47. The zero-order valence-corrected chi connectivity index (χ0v) is 11.6. The summed E-state index contributed by atoms with van der Waals surface area (Å²) in [5, 5.41) is 0. The first-order valence-electron chi connectivity index (χ1n) is 6.12. The SMILES string of the molecule is Cc1cccc(CS(=O)(=O)N2CCOCC2C)c1. The summed E-state index contributed by atoms with van der Waals surface area (Å²) in [6, 6.07) is 7.56. The van der Waals surface area contributed by atoms with E-state index in [4.69, 9.17) is 4.74 Å². The van der Waals surface area contributed by atoms with Crippen LogP contribution in [0.15, 0.2) is 24.3 Å². The Balaban J connectivity index is 2.16. The standard InChI is InChI=1S/C13H19NO3S/c1-11-4-3-5-13(8-11)10-18(15,16)14-6-7-17-9-12(14)2/h3-5,8,12H,6-7,9-10H2,1-2H3. The average molecular weight is 269 g/mol.